The van der Waals surface area contributed by atoms with E-state index in [0.717, 1.165) is 0 Å². The van der Waals surface area contributed by atoms with Gasteiger partial charge in [0, 0.05) is 18.8 Å². The summed E-state index contributed by atoms with van der Waals surface area (Å²) < 4.78 is 0. The van der Waals surface area contributed by atoms with Crippen molar-refractivity contribution in [2.75, 3.05) is 0 Å². The summed E-state index contributed by atoms with van der Waals surface area (Å²) in [6.07, 6.45) is 3.25. The Morgan fingerprint density at radius 2 is 2.12 bits per heavy atom. The van der Waals surface area contributed by atoms with Gasteiger partial charge >= 0.3 is 11.9 Å². The number of aliphatic carboxylic acids is 1. The van der Waals surface area contributed by atoms with Crippen molar-refractivity contribution >= 4 is 11.9 Å². The fourth-order valence-corrected chi connectivity index (χ4v) is 1.54. The zero-order valence-electron chi connectivity index (χ0n) is 8.88. The molecule has 0 aliphatic rings. The lowest BCUT2D eigenvalue weighted by Crippen LogP contribution is -2.10. The van der Waals surface area contributed by atoms with Crippen LogP contribution in [0.15, 0.2) is 18.5 Å². The fourth-order valence-electron chi connectivity index (χ4n) is 1.54. The maximum atomic E-state index is 10.9. The summed E-state index contributed by atoms with van der Waals surface area (Å²) in [5.74, 6) is -2.01. The molecule has 0 saturated heterocycles. The van der Waals surface area contributed by atoms with Crippen molar-refractivity contribution in [1.82, 2.24) is 4.98 Å². The van der Waals surface area contributed by atoms with E-state index < -0.39 is 11.9 Å². The van der Waals surface area contributed by atoms with E-state index in [4.69, 9.17) is 10.2 Å². The molecule has 0 spiro atoms. The molecule has 5 nitrogen and oxygen atoms in total. The topological polar surface area (TPSA) is 87.5 Å². The monoisotopic (exact) mass is 223 g/mol. The highest BCUT2D eigenvalue weighted by atomic mass is 16.4. The molecule has 0 bridgehead atoms. The van der Waals surface area contributed by atoms with Crippen molar-refractivity contribution in [2.45, 2.75) is 19.8 Å². The molecule has 5 heteroatoms. The molecule has 1 heterocycles. The zero-order chi connectivity index (χ0) is 12.1. The summed E-state index contributed by atoms with van der Waals surface area (Å²) in [5, 5.41) is 17.5. The lowest BCUT2D eigenvalue weighted by molar-refractivity contribution is -0.137. The van der Waals surface area contributed by atoms with E-state index in [-0.39, 0.29) is 17.9 Å². The van der Waals surface area contributed by atoms with E-state index >= 15 is 0 Å². The van der Waals surface area contributed by atoms with Crippen molar-refractivity contribution < 1.29 is 19.8 Å². The van der Waals surface area contributed by atoms with Crippen LogP contribution in [0.1, 0.15) is 29.3 Å². The number of rotatable bonds is 5. The van der Waals surface area contributed by atoms with E-state index in [1.807, 2.05) is 0 Å². The van der Waals surface area contributed by atoms with Crippen LogP contribution in [-0.2, 0) is 11.2 Å². The number of pyridine rings is 1. The Hall–Kier alpha value is -1.91. The highest BCUT2D eigenvalue weighted by Gasteiger charge is 2.14. The molecular formula is C11H13NO4. The summed E-state index contributed by atoms with van der Waals surface area (Å²) in [5.41, 5.74) is 0.760. The molecule has 0 radical (unpaired) electrons. The number of carboxylic acids is 2. The van der Waals surface area contributed by atoms with Crippen molar-refractivity contribution in [1.29, 1.82) is 0 Å². The second-order valence-corrected chi connectivity index (χ2v) is 3.75. The Bertz CT molecular complexity index is 403. The van der Waals surface area contributed by atoms with E-state index in [9.17, 15) is 9.59 Å². The number of aromatic nitrogens is 1. The number of aromatic carboxylic acids is 1. The molecule has 1 atom stereocenters. The van der Waals surface area contributed by atoms with E-state index in [2.05, 4.69) is 4.98 Å². The van der Waals surface area contributed by atoms with E-state index in [1.165, 1.54) is 12.4 Å². The first-order chi connectivity index (χ1) is 7.50. The summed E-state index contributed by atoms with van der Waals surface area (Å²) in [6, 6.07) is 1.61. The summed E-state index contributed by atoms with van der Waals surface area (Å²) in [7, 11) is 0. The van der Waals surface area contributed by atoms with Gasteiger partial charge in [-0.2, -0.15) is 0 Å². The normalized spacial score (nSPS) is 12.1. The molecule has 1 rings (SSSR count). The van der Waals surface area contributed by atoms with Gasteiger partial charge in [-0.25, -0.2) is 4.79 Å². The molecule has 2 N–H and O–H groups in total. The molecule has 0 aliphatic heterocycles. The first-order valence-electron chi connectivity index (χ1n) is 4.88. The Kier molecular flexibility index (Phi) is 3.99. The molecule has 0 fully saturated rings. The van der Waals surface area contributed by atoms with Gasteiger partial charge in [-0.05, 0) is 24.0 Å². The van der Waals surface area contributed by atoms with Gasteiger partial charge in [0.1, 0.15) is 0 Å². The molecule has 1 aromatic heterocycles. The summed E-state index contributed by atoms with van der Waals surface area (Å²) in [6.45, 7) is 1.78. The predicted octanol–water partition coefficient (Wildman–Crippen LogP) is 1.43. The van der Waals surface area contributed by atoms with Crippen LogP contribution in [0.5, 0.6) is 0 Å². The van der Waals surface area contributed by atoms with Gasteiger partial charge in [0.25, 0.3) is 0 Å². The third kappa shape index (κ3) is 3.34. The minimum Gasteiger partial charge on any atom is -0.481 e. The van der Waals surface area contributed by atoms with Crippen molar-refractivity contribution in [3.8, 4) is 0 Å². The number of hydrogen-bond donors (Lipinski definition) is 2. The van der Waals surface area contributed by atoms with Crippen LogP contribution in [0.4, 0.5) is 0 Å². The molecular weight excluding hydrogens is 210 g/mol. The number of carbonyl (C=O) groups is 2. The average molecular weight is 223 g/mol. The van der Waals surface area contributed by atoms with E-state index in [1.54, 1.807) is 13.0 Å². The molecule has 0 amide bonds. The van der Waals surface area contributed by atoms with Gasteiger partial charge in [-0.15, -0.1) is 0 Å². The second-order valence-electron chi connectivity index (χ2n) is 3.75. The van der Waals surface area contributed by atoms with Gasteiger partial charge in [-0.1, -0.05) is 6.92 Å². The van der Waals surface area contributed by atoms with Crippen LogP contribution >= 0.6 is 0 Å². The zero-order valence-corrected chi connectivity index (χ0v) is 8.88. The smallest absolute Gasteiger partial charge is 0.337 e. The van der Waals surface area contributed by atoms with Crippen LogP contribution in [0.3, 0.4) is 0 Å². The van der Waals surface area contributed by atoms with Crippen molar-refractivity contribution in [3.05, 3.63) is 29.6 Å². The van der Waals surface area contributed by atoms with Crippen LogP contribution in [-0.4, -0.2) is 27.1 Å². The highest BCUT2D eigenvalue weighted by Crippen LogP contribution is 2.15. The number of carboxylic acid groups (broad SMARTS) is 2. The fraction of sp³-hybridized carbons (Fsp3) is 0.364. The number of hydrogen-bond acceptors (Lipinski definition) is 3. The molecule has 0 saturated carbocycles. The van der Waals surface area contributed by atoms with Gasteiger partial charge in [0.2, 0.25) is 0 Å². The van der Waals surface area contributed by atoms with Crippen LogP contribution in [0, 0.1) is 5.92 Å². The molecule has 1 unspecified atom stereocenters. The Morgan fingerprint density at radius 3 is 2.69 bits per heavy atom. The lowest BCUT2D eigenvalue weighted by Gasteiger charge is -2.10. The Labute approximate surface area is 92.8 Å². The van der Waals surface area contributed by atoms with Gasteiger partial charge in [-0.3, -0.25) is 9.78 Å². The average Bonchev–Trinajstić information content (AvgIpc) is 2.16. The van der Waals surface area contributed by atoms with Gasteiger partial charge < -0.3 is 10.2 Å². The van der Waals surface area contributed by atoms with Gasteiger partial charge in [0.15, 0.2) is 0 Å². The molecule has 16 heavy (non-hydrogen) atoms. The highest BCUT2D eigenvalue weighted by molar-refractivity contribution is 5.88. The molecule has 86 valence electrons. The minimum absolute atomic E-state index is 0.0291. The third-order valence-corrected chi connectivity index (χ3v) is 2.23. The first kappa shape index (κ1) is 12.2. The SMILES string of the molecule is CC(CC(=O)O)Cc1ccncc1C(=O)O. The van der Waals surface area contributed by atoms with Crippen LogP contribution < -0.4 is 0 Å². The summed E-state index contributed by atoms with van der Waals surface area (Å²) >= 11 is 0. The largest absolute Gasteiger partial charge is 0.481 e. The third-order valence-electron chi connectivity index (χ3n) is 2.23. The second kappa shape index (κ2) is 5.25. The minimum atomic E-state index is -1.04. The van der Waals surface area contributed by atoms with Crippen LogP contribution in [0.25, 0.3) is 0 Å². The Balaban J connectivity index is 2.80. The van der Waals surface area contributed by atoms with Crippen LogP contribution in [0.2, 0.25) is 0 Å². The maximum Gasteiger partial charge on any atom is 0.337 e. The molecule has 1 aromatic rings. The van der Waals surface area contributed by atoms with Gasteiger partial charge in [0.05, 0.1) is 5.56 Å². The maximum absolute atomic E-state index is 10.9. The molecule has 0 aliphatic carbocycles. The first-order valence-corrected chi connectivity index (χ1v) is 4.88. The standard InChI is InChI=1S/C11H13NO4/c1-7(5-10(13)14)4-8-2-3-12-6-9(8)11(15)16/h2-3,6-7H,4-5H2,1H3,(H,13,14)(H,15,16). The molecule has 0 aromatic carbocycles. The lowest BCUT2D eigenvalue weighted by atomic mass is 9.96. The quantitative estimate of drug-likeness (QED) is 0.788. The Morgan fingerprint density at radius 1 is 1.44 bits per heavy atom. The summed E-state index contributed by atoms with van der Waals surface area (Å²) in [4.78, 5) is 25.1. The predicted molar refractivity (Wildman–Crippen MR) is 56.3 cm³/mol. The van der Waals surface area contributed by atoms with Crippen molar-refractivity contribution in [3.63, 3.8) is 0 Å². The van der Waals surface area contributed by atoms with Crippen molar-refractivity contribution in [2.24, 2.45) is 5.92 Å². The van der Waals surface area contributed by atoms with E-state index in [0.29, 0.717) is 12.0 Å². The number of nitrogens with zero attached hydrogens (tertiary/aromatic N) is 1.